The minimum Gasteiger partial charge on any atom is -0.398 e. The molecule has 0 aliphatic heterocycles. The lowest BCUT2D eigenvalue weighted by Crippen LogP contribution is -2.36. The van der Waals surface area contributed by atoms with E-state index >= 15 is 0 Å². The SMILES string of the molecule is CC(C)N(Cc1ccccc1N)S(=O)(=O)c1ccc(Br)s1. The fraction of sp³-hybridized carbons (Fsp3) is 0.286. The smallest absolute Gasteiger partial charge is 0.253 e. The van der Waals surface area contributed by atoms with Gasteiger partial charge in [0.1, 0.15) is 4.21 Å². The standard InChI is InChI=1S/C14H17BrN2O2S2/c1-10(2)17(9-11-5-3-4-6-12(11)16)21(18,19)14-8-7-13(15)20-14/h3-8,10H,9,16H2,1-2H3. The predicted molar refractivity (Wildman–Crippen MR) is 90.7 cm³/mol. The molecule has 0 spiro atoms. The quantitative estimate of drug-likeness (QED) is 0.794. The summed E-state index contributed by atoms with van der Waals surface area (Å²) in [6, 6.07) is 10.5. The second-order valence-corrected chi connectivity index (χ2v) is 9.48. The summed E-state index contributed by atoms with van der Waals surface area (Å²) in [5.41, 5.74) is 7.34. The molecule has 1 heterocycles. The van der Waals surface area contributed by atoms with E-state index in [0.29, 0.717) is 9.90 Å². The lowest BCUT2D eigenvalue weighted by Gasteiger charge is -2.25. The molecule has 21 heavy (non-hydrogen) atoms. The molecule has 0 saturated heterocycles. The van der Waals surface area contributed by atoms with E-state index in [1.165, 1.54) is 15.6 Å². The minimum absolute atomic E-state index is 0.157. The second kappa shape index (κ2) is 6.48. The van der Waals surface area contributed by atoms with Crippen LogP contribution in [0.3, 0.4) is 0 Å². The number of hydrogen-bond acceptors (Lipinski definition) is 4. The highest BCUT2D eigenvalue weighted by Gasteiger charge is 2.28. The number of benzene rings is 1. The number of nitrogen functional groups attached to an aromatic ring is 1. The van der Waals surface area contributed by atoms with Gasteiger partial charge in [-0.3, -0.25) is 0 Å². The molecule has 2 aromatic rings. The average molecular weight is 389 g/mol. The second-order valence-electron chi connectivity index (χ2n) is 4.90. The van der Waals surface area contributed by atoms with Crippen LogP contribution in [0, 0.1) is 0 Å². The molecule has 1 aromatic carbocycles. The Morgan fingerprint density at radius 3 is 2.43 bits per heavy atom. The fourth-order valence-electron chi connectivity index (χ4n) is 1.94. The average Bonchev–Trinajstić information content (AvgIpc) is 2.84. The van der Waals surface area contributed by atoms with E-state index < -0.39 is 10.0 Å². The molecule has 0 fully saturated rings. The van der Waals surface area contributed by atoms with E-state index in [9.17, 15) is 8.42 Å². The van der Waals surface area contributed by atoms with E-state index in [4.69, 9.17) is 5.73 Å². The number of thiophene rings is 1. The highest BCUT2D eigenvalue weighted by atomic mass is 79.9. The fourth-order valence-corrected chi connectivity index (χ4v) is 5.70. The van der Waals surface area contributed by atoms with Crippen molar-refractivity contribution in [3.05, 3.63) is 45.7 Å². The maximum atomic E-state index is 12.8. The molecule has 0 atom stereocenters. The molecule has 0 amide bonds. The van der Waals surface area contributed by atoms with Crippen molar-refractivity contribution >= 4 is 43.0 Å². The molecule has 4 nitrogen and oxygen atoms in total. The number of hydrogen-bond donors (Lipinski definition) is 1. The Morgan fingerprint density at radius 1 is 1.24 bits per heavy atom. The summed E-state index contributed by atoms with van der Waals surface area (Å²) in [7, 11) is -3.53. The Kier molecular flexibility index (Phi) is 5.08. The number of nitrogens with two attached hydrogens (primary N) is 1. The van der Waals surface area contributed by atoms with Gasteiger partial charge in [0.2, 0.25) is 0 Å². The Labute approximate surface area is 137 Å². The number of halogens is 1. The molecule has 2 N–H and O–H groups in total. The molecule has 0 aliphatic carbocycles. The highest BCUT2D eigenvalue weighted by molar-refractivity contribution is 9.11. The molecule has 2 rings (SSSR count). The minimum atomic E-state index is -3.53. The molecule has 0 unspecified atom stereocenters. The molecule has 1 aromatic heterocycles. The van der Waals surface area contributed by atoms with E-state index in [1.54, 1.807) is 18.2 Å². The van der Waals surface area contributed by atoms with Gasteiger partial charge in [-0.2, -0.15) is 4.31 Å². The van der Waals surface area contributed by atoms with Gasteiger partial charge in [-0.05, 0) is 53.5 Å². The molecule has 0 saturated carbocycles. The Bertz CT molecular complexity index is 726. The number of para-hydroxylation sites is 1. The third-order valence-electron chi connectivity index (χ3n) is 3.07. The van der Waals surface area contributed by atoms with Gasteiger partial charge >= 0.3 is 0 Å². The largest absolute Gasteiger partial charge is 0.398 e. The van der Waals surface area contributed by atoms with Gasteiger partial charge in [0.05, 0.1) is 3.79 Å². The summed E-state index contributed by atoms with van der Waals surface area (Å²) in [4.78, 5) is 0. The Balaban J connectivity index is 2.38. The first-order chi connectivity index (χ1) is 9.82. The van der Waals surface area contributed by atoms with E-state index in [1.807, 2.05) is 32.0 Å². The van der Waals surface area contributed by atoms with Crippen LogP contribution in [0.2, 0.25) is 0 Å². The zero-order chi connectivity index (χ0) is 15.6. The molecule has 0 radical (unpaired) electrons. The number of nitrogens with zero attached hydrogens (tertiary/aromatic N) is 1. The van der Waals surface area contributed by atoms with Crippen molar-refractivity contribution in [2.24, 2.45) is 0 Å². The van der Waals surface area contributed by atoms with Crippen LogP contribution in [-0.4, -0.2) is 18.8 Å². The van der Waals surface area contributed by atoms with Gasteiger partial charge < -0.3 is 5.73 Å². The van der Waals surface area contributed by atoms with Crippen LogP contribution in [0.5, 0.6) is 0 Å². The molecule has 0 bridgehead atoms. The predicted octanol–water partition coefficient (Wildman–Crippen LogP) is 3.69. The van der Waals surface area contributed by atoms with Crippen molar-refractivity contribution in [1.29, 1.82) is 0 Å². The summed E-state index contributed by atoms with van der Waals surface area (Å²) in [5.74, 6) is 0. The summed E-state index contributed by atoms with van der Waals surface area (Å²) in [5, 5.41) is 0. The lowest BCUT2D eigenvalue weighted by atomic mass is 10.2. The highest BCUT2D eigenvalue weighted by Crippen LogP contribution is 2.30. The summed E-state index contributed by atoms with van der Waals surface area (Å²) in [6.07, 6.45) is 0. The molecular weight excluding hydrogens is 372 g/mol. The molecular formula is C14H17BrN2O2S2. The molecule has 0 aliphatic rings. The number of rotatable bonds is 5. The third kappa shape index (κ3) is 3.66. The van der Waals surface area contributed by atoms with Gasteiger partial charge in [0.25, 0.3) is 10.0 Å². The third-order valence-corrected chi connectivity index (χ3v) is 7.18. The van der Waals surface area contributed by atoms with E-state index in [2.05, 4.69) is 15.9 Å². The molecule has 7 heteroatoms. The van der Waals surface area contributed by atoms with Crippen LogP contribution in [-0.2, 0) is 16.6 Å². The topological polar surface area (TPSA) is 63.4 Å². The van der Waals surface area contributed by atoms with Gasteiger partial charge in [-0.1, -0.05) is 18.2 Å². The first kappa shape index (κ1) is 16.5. The Morgan fingerprint density at radius 2 is 1.90 bits per heavy atom. The van der Waals surface area contributed by atoms with E-state index in [-0.39, 0.29) is 12.6 Å². The first-order valence-corrected chi connectivity index (χ1v) is 9.48. The summed E-state index contributed by atoms with van der Waals surface area (Å²) < 4.78 is 28.2. The van der Waals surface area contributed by atoms with Crippen molar-refractivity contribution in [1.82, 2.24) is 4.31 Å². The maximum absolute atomic E-state index is 12.8. The lowest BCUT2D eigenvalue weighted by molar-refractivity contribution is 0.349. The van der Waals surface area contributed by atoms with Gasteiger partial charge in [0.15, 0.2) is 0 Å². The van der Waals surface area contributed by atoms with Crippen molar-refractivity contribution in [2.45, 2.75) is 30.6 Å². The van der Waals surface area contributed by atoms with Crippen molar-refractivity contribution < 1.29 is 8.42 Å². The maximum Gasteiger partial charge on any atom is 0.253 e. The van der Waals surface area contributed by atoms with Crippen LogP contribution >= 0.6 is 27.3 Å². The number of anilines is 1. The van der Waals surface area contributed by atoms with Crippen molar-refractivity contribution in [2.75, 3.05) is 5.73 Å². The van der Waals surface area contributed by atoms with Crippen LogP contribution < -0.4 is 5.73 Å². The zero-order valence-corrected chi connectivity index (χ0v) is 15.0. The van der Waals surface area contributed by atoms with Crippen LogP contribution in [0.25, 0.3) is 0 Å². The van der Waals surface area contributed by atoms with E-state index in [0.717, 1.165) is 9.35 Å². The first-order valence-electron chi connectivity index (χ1n) is 6.43. The number of sulfonamides is 1. The van der Waals surface area contributed by atoms with Gasteiger partial charge in [0, 0.05) is 18.3 Å². The summed E-state index contributed by atoms with van der Waals surface area (Å²) >= 11 is 4.52. The van der Waals surface area contributed by atoms with Crippen molar-refractivity contribution in [3.8, 4) is 0 Å². The van der Waals surface area contributed by atoms with Crippen LogP contribution in [0.1, 0.15) is 19.4 Å². The van der Waals surface area contributed by atoms with Gasteiger partial charge in [-0.15, -0.1) is 11.3 Å². The normalized spacial score (nSPS) is 12.2. The molecule has 114 valence electrons. The zero-order valence-electron chi connectivity index (χ0n) is 11.8. The van der Waals surface area contributed by atoms with Crippen molar-refractivity contribution in [3.63, 3.8) is 0 Å². The van der Waals surface area contributed by atoms with Crippen LogP contribution in [0.4, 0.5) is 5.69 Å². The monoisotopic (exact) mass is 388 g/mol. The van der Waals surface area contributed by atoms with Gasteiger partial charge in [-0.25, -0.2) is 8.42 Å². The Hall–Kier alpha value is -0.890. The summed E-state index contributed by atoms with van der Waals surface area (Å²) in [6.45, 7) is 3.99. The van der Waals surface area contributed by atoms with Crippen LogP contribution in [0.15, 0.2) is 44.4 Å².